The normalized spacial score (nSPS) is 33.9. The van der Waals surface area contributed by atoms with E-state index in [-0.39, 0.29) is 0 Å². The van der Waals surface area contributed by atoms with Crippen LogP contribution in [0.4, 0.5) is 0 Å². The minimum atomic E-state index is 0.658. The van der Waals surface area contributed by atoms with Crippen LogP contribution in [0.3, 0.4) is 0 Å². The van der Waals surface area contributed by atoms with Gasteiger partial charge in [-0.1, -0.05) is 35.4 Å². The Balaban J connectivity index is 1.73. The van der Waals surface area contributed by atoms with Crippen molar-refractivity contribution in [3.8, 4) is 0 Å². The van der Waals surface area contributed by atoms with Gasteiger partial charge in [0.25, 0.3) is 0 Å². The van der Waals surface area contributed by atoms with Crippen LogP contribution in [-0.4, -0.2) is 0 Å². The summed E-state index contributed by atoms with van der Waals surface area (Å²) in [6.45, 7) is 2.23. The molecule has 2 bridgehead atoms. The SMILES string of the molecule is Cc1ccc2c(c1)CC1(CC2)CC2=CCC1C2. The molecule has 17 heavy (non-hydrogen) atoms. The zero-order valence-electron chi connectivity index (χ0n) is 10.6. The highest BCUT2D eigenvalue weighted by atomic mass is 14.5. The van der Waals surface area contributed by atoms with Crippen molar-refractivity contribution in [3.63, 3.8) is 0 Å². The number of benzene rings is 1. The van der Waals surface area contributed by atoms with Crippen molar-refractivity contribution in [1.29, 1.82) is 0 Å². The zero-order chi connectivity index (χ0) is 11.5. The fraction of sp³-hybridized carbons (Fsp3) is 0.529. The third kappa shape index (κ3) is 1.36. The summed E-state index contributed by atoms with van der Waals surface area (Å²) in [5.74, 6) is 0.978. The van der Waals surface area contributed by atoms with Gasteiger partial charge in [0.1, 0.15) is 0 Å². The van der Waals surface area contributed by atoms with E-state index in [9.17, 15) is 0 Å². The third-order valence-electron chi connectivity index (χ3n) is 5.44. The van der Waals surface area contributed by atoms with E-state index in [1.165, 1.54) is 44.1 Å². The number of aryl methyl sites for hydroxylation is 2. The summed E-state index contributed by atoms with van der Waals surface area (Å²) in [6.07, 6.45) is 10.8. The molecule has 3 aliphatic rings. The van der Waals surface area contributed by atoms with Crippen LogP contribution in [-0.2, 0) is 12.8 Å². The molecule has 0 amide bonds. The Morgan fingerprint density at radius 3 is 2.88 bits per heavy atom. The minimum absolute atomic E-state index is 0.658. The van der Waals surface area contributed by atoms with Crippen molar-refractivity contribution in [2.75, 3.05) is 0 Å². The van der Waals surface area contributed by atoms with E-state index in [1.807, 2.05) is 0 Å². The Morgan fingerprint density at radius 1 is 1.18 bits per heavy atom. The quantitative estimate of drug-likeness (QED) is 0.579. The van der Waals surface area contributed by atoms with E-state index < -0.39 is 0 Å². The lowest BCUT2D eigenvalue weighted by Crippen LogP contribution is -2.33. The topological polar surface area (TPSA) is 0 Å². The van der Waals surface area contributed by atoms with Crippen LogP contribution in [0.1, 0.15) is 42.4 Å². The minimum Gasteiger partial charge on any atom is -0.0850 e. The van der Waals surface area contributed by atoms with Gasteiger partial charge in [0, 0.05) is 0 Å². The second-order valence-corrected chi connectivity index (χ2v) is 6.49. The average molecular weight is 224 g/mol. The summed E-state index contributed by atoms with van der Waals surface area (Å²) >= 11 is 0. The van der Waals surface area contributed by atoms with Crippen LogP contribution in [0.2, 0.25) is 0 Å². The largest absolute Gasteiger partial charge is 0.0850 e. The van der Waals surface area contributed by atoms with Crippen LogP contribution < -0.4 is 0 Å². The number of hydrogen-bond donors (Lipinski definition) is 0. The summed E-state index contributed by atoms with van der Waals surface area (Å²) in [7, 11) is 0. The first kappa shape index (κ1) is 9.94. The zero-order valence-corrected chi connectivity index (χ0v) is 10.6. The Kier molecular flexibility index (Phi) is 1.90. The molecule has 1 aromatic rings. The van der Waals surface area contributed by atoms with Gasteiger partial charge in [0.2, 0.25) is 0 Å². The molecule has 1 aromatic carbocycles. The third-order valence-corrected chi connectivity index (χ3v) is 5.44. The lowest BCUT2D eigenvalue weighted by Gasteiger charge is -2.40. The van der Waals surface area contributed by atoms with Crippen molar-refractivity contribution >= 4 is 0 Å². The highest BCUT2D eigenvalue weighted by Crippen LogP contribution is 2.58. The van der Waals surface area contributed by atoms with Crippen LogP contribution in [0.15, 0.2) is 29.8 Å². The molecule has 0 heteroatoms. The first-order valence-electron chi connectivity index (χ1n) is 7.02. The van der Waals surface area contributed by atoms with E-state index in [0.717, 1.165) is 5.92 Å². The fourth-order valence-corrected chi connectivity index (χ4v) is 4.51. The van der Waals surface area contributed by atoms with Gasteiger partial charge in [0.15, 0.2) is 0 Å². The molecule has 0 nitrogen and oxygen atoms in total. The lowest BCUT2D eigenvalue weighted by molar-refractivity contribution is 0.168. The van der Waals surface area contributed by atoms with E-state index >= 15 is 0 Å². The second kappa shape index (κ2) is 3.25. The molecule has 3 aliphatic carbocycles. The van der Waals surface area contributed by atoms with Crippen molar-refractivity contribution < 1.29 is 0 Å². The Morgan fingerprint density at radius 2 is 2.12 bits per heavy atom. The number of fused-ring (bicyclic) bond motifs is 4. The van der Waals surface area contributed by atoms with Gasteiger partial charge in [-0.25, -0.2) is 0 Å². The highest BCUT2D eigenvalue weighted by Gasteiger charge is 2.48. The maximum Gasteiger partial charge on any atom is -0.0182 e. The smallest absolute Gasteiger partial charge is 0.0182 e. The molecule has 1 saturated carbocycles. The molecule has 0 heterocycles. The standard InChI is InChI=1S/C17H20/c1-12-2-4-14-6-7-17(11-15(14)8-12)10-13-3-5-16(17)9-13/h2-4,8,16H,5-7,9-11H2,1H3. The molecule has 2 unspecified atom stereocenters. The Bertz CT molecular complexity index is 509. The highest BCUT2D eigenvalue weighted by molar-refractivity contribution is 5.37. The number of hydrogen-bond acceptors (Lipinski definition) is 0. The Hall–Kier alpha value is -1.04. The molecule has 0 saturated heterocycles. The van der Waals surface area contributed by atoms with Crippen molar-refractivity contribution in [2.24, 2.45) is 11.3 Å². The molecular weight excluding hydrogens is 204 g/mol. The predicted molar refractivity (Wildman–Crippen MR) is 71.1 cm³/mol. The lowest BCUT2D eigenvalue weighted by atomic mass is 9.64. The van der Waals surface area contributed by atoms with E-state index in [1.54, 1.807) is 16.7 Å². The van der Waals surface area contributed by atoms with E-state index in [0.29, 0.717) is 5.41 Å². The molecule has 4 rings (SSSR count). The monoisotopic (exact) mass is 224 g/mol. The summed E-state index contributed by atoms with van der Waals surface area (Å²) in [5.41, 5.74) is 7.14. The summed E-state index contributed by atoms with van der Waals surface area (Å²) in [5, 5.41) is 0. The summed E-state index contributed by atoms with van der Waals surface area (Å²) in [6, 6.07) is 7.08. The number of rotatable bonds is 0. The molecule has 0 radical (unpaired) electrons. The van der Waals surface area contributed by atoms with Gasteiger partial charge in [0.05, 0.1) is 0 Å². The maximum absolute atomic E-state index is 2.52. The van der Waals surface area contributed by atoms with E-state index in [2.05, 4.69) is 31.2 Å². The first-order chi connectivity index (χ1) is 8.25. The van der Waals surface area contributed by atoms with Gasteiger partial charge in [-0.05, 0) is 67.9 Å². The van der Waals surface area contributed by atoms with Crippen LogP contribution in [0.25, 0.3) is 0 Å². The summed E-state index contributed by atoms with van der Waals surface area (Å²) < 4.78 is 0. The van der Waals surface area contributed by atoms with Crippen LogP contribution in [0, 0.1) is 18.3 Å². The van der Waals surface area contributed by atoms with Gasteiger partial charge < -0.3 is 0 Å². The second-order valence-electron chi connectivity index (χ2n) is 6.49. The van der Waals surface area contributed by atoms with Gasteiger partial charge >= 0.3 is 0 Å². The molecule has 0 N–H and O–H groups in total. The first-order valence-corrected chi connectivity index (χ1v) is 7.02. The molecule has 1 spiro atoms. The predicted octanol–water partition coefficient (Wildman–Crippen LogP) is 4.21. The summed E-state index contributed by atoms with van der Waals surface area (Å²) in [4.78, 5) is 0. The molecule has 0 aliphatic heterocycles. The van der Waals surface area contributed by atoms with Crippen molar-refractivity contribution in [3.05, 3.63) is 46.5 Å². The maximum atomic E-state index is 2.52. The van der Waals surface area contributed by atoms with Gasteiger partial charge in [-0.15, -0.1) is 0 Å². The van der Waals surface area contributed by atoms with Gasteiger partial charge in [-0.2, -0.15) is 0 Å². The van der Waals surface area contributed by atoms with E-state index in [4.69, 9.17) is 0 Å². The molecule has 88 valence electrons. The molecule has 2 atom stereocenters. The average Bonchev–Trinajstić information content (AvgIpc) is 2.88. The molecule has 1 fully saturated rings. The van der Waals surface area contributed by atoms with Crippen molar-refractivity contribution in [1.82, 2.24) is 0 Å². The molecular formula is C17H20. The van der Waals surface area contributed by atoms with Crippen LogP contribution in [0.5, 0.6) is 0 Å². The Labute approximate surface area is 104 Å². The van der Waals surface area contributed by atoms with Gasteiger partial charge in [-0.3, -0.25) is 0 Å². The van der Waals surface area contributed by atoms with Crippen molar-refractivity contribution in [2.45, 2.75) is 45.4 Å². The molecule has 0 aromatic heterocycles. The van der Waals surface area contributed by atoms with Crippen LogP contribution >= 0.6 is 0 Å². The fourth-order valence-electron chi connectivity index (χ4n) is 4.51. The number of allylic oxidation sites excluding steroid dienone is 2.